The van der Waals surface area contributed by atoms with E-state index in [1.165, 1.54) is 24.3 Å². The lowest BCUT2D eigenvalue weighted by molar-refractivity contribution is 0.0228. The van der Waals surface area contributed by atoms with E-state index in [0.717, 1.165) is 4.90 Å². The Bertz CT molecular complexity index is 1080. The fourth-order valence-corrected chi connectivity index (χ4v) is 3.08. The van der Waals surface area contributed by atoms with Gasteiger partial charge in [-0.2, -0.15) is 0 Å². The van der Waals surface area contributed by atoms with Crippen molar-refractivity contribution in [2.75, 3.05) is 6.73 Å². The Morgan fingerprint density at radius 2 is 1.14 bits per heavy atom. The molecule has 29 heavy (non-hydrogen) atoms. The number of carbonyl (C=O) groups excluding carboxylic acids is 4. The smallest absolute Gasteiger partial charge is 0.339 e. The van der Waals surface area contributed by atoms with Crippen molar-refractivity contribution < 1.29 is 23.9 Å². The topological polar surface area (TPSA) is 80.8 Å². The number of hydrogen-bond donors (Lipinski definition) is 0. The summed E-state index contributed by atoms with van der Waals surface area (Å²) in [4.78, 5) is 50.2. The summed E-state index contributed by atoms with van der Waals surface area (Å²) >= 11 is 0. The van der Waals surface area contributed by atoms with Crippen molar-refractivity contribution >= 4 is 23.6 Å². The number of fused-ring (bicyclic) bond motifs is 1. The molecule has 1 heterocycles. The highest BCUT2D eigenvalue weighted by atomic mass is 16.5. The molecule has 142 valence electrons. The molecular formula is C23H15NO5. The number of esters is 1. The average Bonchev–Trinajstić information content (AvgIpc) is 3.02. The molecule has 0 atom stereocenters. The van der Waals surface area contributed by atoms with Crippen LogP contribution in [0.5, 0.6) is 0 Å². The van der Waals surface area contributed by atoms with Gasteiger partial charge in [-0.1, -0.05) is 54.6 Å². The van der Waals surface area contributed by atoms with E-state index in [2.05, 4.69) is 0 Å². The van der Waals surface area contributed by atoms with Crippen molar-refractivity contribution in [1.82, 2.24) is 4.90 Å². The Balaban J connectivity index is 1.42. The van der Waals surface area contributed by atoms with E-state index >= 15 is 0 Å². The van der Waals surface area contributed by atoms with Crippen molar-refractivity contribution in [2.45, 2.75) is 0 Å². The average molecular weight is 385 g/mol. The lowest BCUT2D eigenvalue weighted by Crippen LogP contribution is -2.33. The highest BCUT2D eigenvalue weighted by Gasteiger charge is 2.35. The molecule has 4 rings (SSSR count). The first-order valence-electron chi connectivity index (χ1n) is 8.88. The van der Waals surface area contributed by atoms with Gasteiger partial charge in [0.1, 0.15) is 0 Å². The number of benzene rings is 3. The molecule has 0 saturated heterocycles. The molecule has 0 unspecified atom stereocenters. The maximum Gasteiger partial charge on any atom is 0.339 e. The molecule has 0 fully saturated rings. The number of nitrogens with zero attached hydrogens (tertiary/aromatic N) is 1. The number of hydrogen-bond acceptors (Lipinski definition) is 5. The molecular weight excluding hydrogens is 370 g/mol. The van der Waals surface area contributed by atoms with Crippen LogP contribution in [0.15, 0.2) is 78.9 Å². The quantitative estimate of drug-likeness (QED) is 0.382. The second-order valence-electron chi connectivity index (χ2n) is 6.42. The zero-order valence-electron chi connectivity index (χ0n) is 15.2. The van der Waals surface area contributed by atoms with Crippen LogP contribution >= 0.6 is 0 Å². The summed E-state index contributed by atoms with van der Waals surface area (Å²) in [5.41, 5.74) is 1.78. The summed E-state index contributed by atoms with van der Waals surface area (Å²) in [6, 6.07) is 21.3. The summed E-state index contributed by atoms with van der Waals surface area (Å²) in [7, 11) is 0. The number of ketones is 1. The third kappa shape index (κ3) is 3.43. The molecule has 6 nitrogen and oxygen atoms in total. The summed E-state index contributed by atoms with van der Waals surface area (Å²) in [6.45, 7) is -0.476. The largest absolute Gasteiger partial charge is 0.440 e. The van der Waals surface area contributed by atoms with E-state index < -0.39 is 24.5 Å². The van der Waals surface area contributed by atoms with E-state index in [-0.39, 0.29) is 22.5 Å². The highest BCUT2D eigenvalue weighted by Crippen LogP contribution is 2.22. The van der Waals surface area contributed by atoms with Gasteiger partial charge in [0.15, 0.2) is 12.5 Å². The second-order valence-corrected chi connectivity index (χ2v) is 6.42. The zero-order valence-corrected chi connectivity index (χ0v) is 15.2. The van der Waals surface area contributed by atoms with Gasteiger partial charge in [-0.05, 0) is 24.3 Å². The van der Waals surface area contributed by atoms with Crippen molar-refractivity contribution in [2.24, 2.45) is 0 Å². The molecule has 2 amide bonds. The van der Waals surface area contributed by atoms with Crippen LogP contribution in [0.1, 0.15) is 47.0 Å². The lowest BCUT2D eigenvalue weighted by Gasteiger charge is -2.14. The molecule has 6 heteroatoms. The molecule has 1 aliphatic heterocycles. The summed E-state index contributed by atoms with van der Waals surface area (Å²) in [5.74, 6) is -1.85. The molecule has 0 saturated carbocycles. The van der Waals surface area contributed by atoms with Gasteiger partial charge >= 0.3 is 5.97 Å². The van der Waals surface area contributed by atoms with Crippen LogP contribution in [-0.2, 0) is 4.74 Å². The molecule has 0 N–H and O–H groups in total. The van der Waals surface area contributed by atoms with Gasteiger partial charge in [-0.25, -0.2) is 9.69 Å². The highest BCUT2D eigenvalue weighted by molar-refractivity contribution is 6.21. The van der Waals surface area contributed by atoms with E-state index in [0.29, 0.717) is 11.1 Å². The van der Waals surface area contributed by atoms with Gasteiger partial charge in [0, 0.05) is 11.1 Å². The van der Waals surface area contributed by atoms with E-state index in [1.807, 2.05) is 6.07 Å². The van der Waals surface area contributed by atoms with E-state index in [1.54, 1.807) is 48.5 Å². The van der Waals surface area contributed by atoms with Crippen molar-refractivity contribution in [3.05, 3.63) is 107 Å². The van der Waals surface area contributed by atoms with Crippen LogP contribution in [0.2, 0.25) is 0 Å². The Labute approximate surface area is 166 Å². The predicted octanol–water partition coefficient (Wildman–Crippen LogP) is 3.33. The standard InChI is InChI=1S/C23H15NO5/c25-20(15-6-2-1-3-7-15)16-10-12-17(13-11-16)23(28)29-14-24-21(26)18-8-4-5-9-19(18)22(24)27/h1-13H,14H2. The molecule has 3 aromatic rings. The molecule has 0 radical (unpaired) electrons. The zero-order chi connectivity index (χ0) is 20.4. The SMILES string of the molecule is O=C(OCN1C(=O)c2ccccc2C1=O)c1ccc(C(=O)c2ccccc2)cc1. The fraction of sp³-hybridized carbons (Fsp3) is 0.0435. The van der Waals surface area contributed by atoms with Gasteiger partial charge in [0.25, 0.3) is 11.8 Å². The van der Waals surface area contributed by atoms with Gasteiger partial charge in [-0.3, -0.25) is 14.4 Å². The number of carbonyl (C=O) groups is 4. The third-order valence-corrected chi connectivity index (χ3v) is 4.62. The second kappa shape index (κ2) is 7.52. The molecule has 3 aromatic carbocycles. The first-order valence-corrected chi connectivity index (χ1v) is 8.88. The maximum absolute atomic E-state index is 12.4. The normalized spacial score (nSPS) is 12.6. The molecule has 0 aliphatic carbocycles. The minimum Gasteiger partial charge on any atom is -0.440 e. The van der Waals surface area contributed by atoms with Crippen LogP contribution in [0.3, 0.4) is 0 Å². The number of amides is 2. The number of rotatable bonds is 5. The Hall–Kier alpha value is -4.06. The minimum absolute atomic E-state index is 0.156. The van der Waals surface area contributed by atoms with Crippen LogP contribution in [0, 0.1) is 0 Å². The van der Waals surface area contributed by atoms with Crippen molar-refractivity contribution in [1.29, 1.82) is 0 Å². The first kappa shape index (κ1) is 18.3. The molecule has 1 aliphatic rings. The molecule has 0 spiro atoms. The summed E-state index contributed by atoms with van der Waals surface area (Å²) in [5, 5.41) is 0. The van der Waals surface area contributed by atoms with Crippen LogP contribution in [0.4, 0.5) is 0 Å². The van der Waals surface area contributed by atoms with Crippen molar-refractivity contribution in [3.8, 4) is 0 Å². The van der Waals surface area contributed by atoms with E-state index in [4.69, 9.17) is 4.74 Å². The third-order valence-electron chi connectivity index (χ3n) is 4.62. The fourth-order valence-electron chi connectivity index (χ4n) is 3.08. The maximum atomic E-state index is 12.4. The Morgan fingerprint density at radius 3 is 1.72 bits per heavy atom. The van der Waals surface area contributed by atoms with Gasteiger partial charge in [-0.15, -0.1) is 0 Å². The Morgan fingerprint density at radius 1 is 0.655 bits per heavy atom. The number of imide groups is 1. The molecule has 0 aromatic heterocycles. The summed E-state index contributed by atoms with van der Waals surface area (Å²) < 4.78 is 5.13. The van der Waals surface area contributed by atoms with Gasteiger partial charge < -0.3 is 4.74 Å². The lowest BCUT2D eigenvalue weighted by atomic mass is 10.0. The predicted molar refractivity (Wildman–Crippen MR) is 104 cm³/mol. The Kier molecular flexibility index (Phi) is 4.75. The van der Waals surface area contributed by atoms with Crippen molar-refractivity contribution in [3.63, 3.8) is 0 Å². The van der Waals surface area contributed by atoms with Gasteiger partial charge in [0.05, 0.1) is 16.7 Å². The van der Waals surface area contributed by atoms with Crippen LogP contribution < -0.4 is 0 Å². The molecule has 0 bridgehead atoms. The van der Waals surface area contributed by atoms with Crippen LogP contribution in [-0.4, -0.2) is 35.2 Å². The van der Waals surface area contributed by atoms with E-state index in [9.17, 15) is 19.2 Å². The first-order chi connectivity index (χ1) is 14.1. The van der Waals surface area contributed by atoms with Crippen LogP contribution in [0.25, 0.3) is 0 Å². The monoisotopic (exact) mass is 385 g/mol. The number of ether oxygens (including phenoxy) is 1. The summed E-state index contributed by atoms with van der Waals surface area (Å²) in [6.07, 6.45) is 0. The minimum atomic E-state index is -0.694. The van der Waals surface area contributed by atoms with Gasteiger partial charge in [0.2, 0.25) is 0 Å².